The molecule has 3 nitrogen and oxygen atoms in total. The lowest BCUT2D eigenvalue weighted by Gasteiger charge is -2.31. The number of aryl methyl sites for hydroxylation is 2. The maximum absolute atomic E-state index is 6.17. The first-order valence-electron chi connectivity index (χ1n) is 6.51. The Morgan fingerprint density at radius 3 is 2.88 bits per heavy atom. The molecular formula is C13H21N3. The highest BCUT2D eigenvalue weighted by atomic mass is 15.1. The van der Waals surface area contributed by atoms with E-state index in [1.807, 2.05) is 0 Å². The lowest BCUT2D eigenvalue weighted by atomic mass is 9.90. The summed E-state index contributed by atoms with van der Waals surface area (Å²) in [5.41, 5.74) is 9.01. The van der Waals surface area contributed by atoms with Crippen LogP contribution in [0.5, 0.6) is 0 Å². The highest BCUT2D eigenvalue weighted by Crippen LogP contribution is 2.32. The Hall–Kier alpha value is -0.830. The predicted molar refractivity (Wildman–Crippen MR) is 64.4 cm³/mol. The Labute approximate surface area is 97.0 Å². The average molecular weight is 219 g/mol. The van der Waals surface area contributed by atoms with Gasteiger partial charge in [-0.1, -0.05) is 6.92 Å². The van der Waals surface area contributed by atoms with Gasteiger partial charge in [0.25, 0.3) is 0 Å². The molecular weight excluding hydrogens is 198 g/mol. The van der Waals surface area contributed by atoms with Crippen molar-refractivity contribution in [3.05, 3.63) is 17.2 Å². The summed E-state index contributed by atoms with van der Waals surface area (Å²) >= 11 is 0. The molecule has 1 aromatic heterocycles. The van der Waals surface area contributed by atoms with Crippen LogP contribution >= 0.6 is 0 Å². The molecule has 1 aliphatic heterocycles. The Morgan fingerprint density at radius 1 is 1.25 bits per heavy atom. The van der Waals surface area contributed by atoms with E-state index in [0.717, 1.165) is 18.8 Å². The van der Waals surface area contributed by atoms with Gasteiger partial charge >= 0.3 is 0 Å². The van der Waals surface area contributed by atoms with E-state index in [4.69, 9.17) is 10.7 Å². The minimum atomic E-state index is 0.308. The van der Waals surface area contributed by atoms with Gasteiger partial charge in [0.2, 0.25) is 0 Å². The monoisotopic (exact) mass is 219 g/mol. The minimum Gasteiger partial charge on any atom is -0.327 e. The number of rotatable bonds is 0. The molecule has 0 amide bonds. The molecule has 2 aliphatic rings. The van der Waals surface area contributed by atoms with Gasteiger partial charge in [0, 0.05) is 24.2 Å². The van der Waals surface area contributed by atoms with Crippen LogP contribution < -0.4 is 5.73 Å². The van der Waals surface area contributed by atoms with Gasteiger partial charge in [0.05, 0.1) is 5.69 Å². The van der Waals surface area contributed by atoms with Crippen LogP contribution in [0.3, 0.4) is 0 Å². The number of aromatic nitrogens is 2. The molecule has 2 N–H and O–H groups in total. The van der Waals surface area contributed by atoms with Crippen molar-refractivity contribution in [2.75, 3.05) is 0 Å². The second-order valence-electron chi connectivity index (χ2n) is 5.58. The molecule has 1 aliphatic carbocycles. The van der Waals surface area contributed by atoms with Crippen molar-refractivity contribution >= 4 is 0 Å². The summed E-state index contributed by atoms with van der Waals surface area (Å²) in [5.74, 6) is 2.09. The zero-order valence-corrected chi connectivity index (χ0v) is 10.2. The van der Waals surface area contributed by atoms with E-state index in [1.165, 1.54) is 36.5 Å². The van der Waals surface area contributed by atoms with E-state index in [9.17, 15) is 0 Å². The first-order chi connectivity index (χ1) is 7.66. The summed E-state index contributed by atoms with van der Waals surface area (Å²) in [6.45, 7) is 4.59. The van der Waals surface area contributed by atoms with Crippen molar-refractivity contribution in [2.45, 2.75) is 58.0 Å². The third-order valence-electron chi connectivity index (χ3n) is 4.31. The zero-order valence-electron chi connectivity index (χ0n) is 10.2. The van der Waals surface area contributed by atoms with Gasteiger partial charge in [0.1, 0.15) is 5.82 Å². The lowest BCUT2D eigenvalue weighted by molar-refractivity contribution is 0.350. The van der Waals surface area contributed by atoms with Crippen molar-refractivity contribution in [3.63, 3.8) is 0 Å². The largest absolute Gasteiger partial charge is 0.327 e. The van der Waals surface area contributed by atoms with Crippen LogP contribution in [0.4, 0.5) is 0 Å². The number of fused-ring (bicyclic) bond motifs is 3. The van der Waals surface area contributed by atoms with E-state index in [-0.39, 0.29) is 0 Å². The third kappa shape index (κ3) is 1.41. The lowest BCUT2D eigenvalue weighted by Crippen LogP contribution is -2.37. The molecule has 3 atom stereocenters. The summed E-state index contributed by atoms with van der Waals surface area (Å²) in [6.07, 6.45) is 5.81. The fourth-order valence-electron chi connectivity index (χ4n) is 3.19. The van der Waals surface area contributed by atoms with Crippen LogP contribution in [0.15, 0.2) is 0 Å². The second-order valence-corrected chi connectivity index (χ2v) is 5.58. The Kier molecular flexibility index (Phi) is 2.32. The summed E-state index contributed by atoms with van der Waals surface area (Å²) in [4.78, 5) is 4.82. The van der Waals surface area contributed by atoms with Crippen LogP contribution in [-0.2, 0) is 19.3 Å². The molecule has 2 heterocycles. The maximum Gasteiger partial charge on any atom is 0.109 e. The molecule has 1 aromatic rings. The van der Waals surface area contributed by atoms with Crippen molar-refractivity contribution < 1.29 is 0 Å². The number of imidazole rings is 1. The molecule has 3 unspecified atom stereocenters. The molecule has 0 fully saturated rings. The Bertz CT molecular complexity index is 408. The van der Waals surface area contributed by atoms with Crippen LogP contribution in [0.2, 0.25) is 0 Å². The summed E-state index contributed by atoms with van der Waals surface area (Å²) in [7, 11) is 0. The van der Waals surface area contributed by atoms with Crippen molar-refractivity contribution in [1.29, 1.82) is 0 Å². The molecule has 0 spiro atoms. The zero-order chi connectivity index (χ0) is 11.3. The fourth-order valence-corrected chi connectivity index (χ4v) is 3.19. The Morgan fingerprint density at radius 2 is 2.06 bits per heavy atom. The van der Waals surface area contributed by atoms with Crippen LogP contribution in [-0.4, -0.2) is 15.6 Å². The van der Waals surface area contributed by atoms with Gasteiger partial charge in [0.15, 0.2) is 0 Å². The summed E-state index contributed by atoms with van der Waals surface area (Å²) in [5, 5.41) is 0. The topological polar surface area (TPSA) is 43.8 Å². The highest BCUT2D eigenvalue weighted by Gasteiger charge is 2.30. The SMILES string of the molecule is CC1CCc2nc3n(c2C1)C(C)C(N)CC3. The van der Waals surface area contributed by atoms with Crippen LogP contribution in [0.1, 0.15) is 49.9 Å². The number of nitrogens with zero attached hydrogens (tertiary/aromatic N) is 2. The predicted octanol–water partition coefficient (Wildman–Crippen LogP) is 1.84. The van der Waals surface area contributed by atoms with E-state index >= 15 is 0 Å². The first-order valence-corrected chi connectivity index (χ1v) is 6.51. The van der Waals surface area contributed by atoms with Crippen molar-refractivity contribution in [3.8, 4) is 0 Å². The standard InChI is InChI=1S/C13H21N3/c1-8-3-5-11-12(7-8)16-9(2)10(14)4-6-13(16)15-11/h8-10H,3-7,14H2,1-2H3. The normalized spacial score (nSPS) is 33.3. The number of hydrogen-bond acceptors (Lipinski definition) is 2. The third-order valence-corrected chi connectivity index (χ3v) is 4.31. The van der Waals surface area contributed by atoms with Gasteiger partial charge < -0.3 is 10.3 Å². The highest BCUT2D eigenvalue weighted by molar-refractivity contribution is 5.23. The average Bonchev–Trinajstić information content (AvgIpc) is 2.62. The summed E-state index contributed by atoms with van der Waals surface area (Å²) in [6, 6.07) is 0.744. The fraction of sp³-hybridized carbons (Fsp3) is 0.769. The van der Waals surface area contributed by atoms with Gasteiger partial charge in [-0.05, 0) is 38.5 Å². The minimum absolute atomic E-state index is 0.308. The van der Waals surface area contributed by atoms with Crippen LogP contribution in [0.25, 0.3) is 0 Å². The molecule has 0 radical (unpaired) electrons. The van der Waals surface area contributed by atoms with Gasteiger partial charge in [-0.3, -0.25) is 0 Å². The summed E-state index contributed by atoms with van der Waals surface area (Å²) < 4.78 is 2.44. The molecule has 0 saturated carbocycles. The maximum atomic E-state index is 6.17. The van der Waals surface area contributed by atoms with Gasteiger partial charge in [-0.2, -0.15) is 0 Å². The molecule has 3 rings (SSSR count). The van der Waals surface area contributed by atoms with E-state index in [1.54, 1.807) is 0 Å². The van der Waals surface area contributed by atoms with Crippen LogP contribution in [0, 0.1) is 5.92 Å². The van der Waals surface area contributed by atoms with E-state index in [2.05, 4.69) is 18.4 Å². The van der Waals surface area contributed by atoms with Crippen molar-refractivity contribution in [2.24, 2.45) is 11.7 Å². The quantitative estimate of drug-likeness (QED) is 0.723. The number of nitrogens with two attached hydrogens (primary N) is 1. The molecule has 3 heteroatoms. The van der Waals surface area contributed by atoms with E-state index in [0.29, 0.717) is 12.1 Å². The molecule has 0 saturated heterocycles. The molecule has 0 aromatic carbocycles. The smallest absolute Gasteiger partial charge is 0.109 e. The molecule has 0 bridgehead atoms. The molecule has 16 heavy (non-hydrogen) atoms. The van der Waals surface area contributed by atoms with Gasteiger partial charge in [-0.25, -0.2) is 4.98 Å². The molecule has 88 valence electrons. The van der Waals surface area contributed by atoms with Gasteiger partial charge in [-0.15, -0.1) is 0 Å². The first kappa shape index (κ1) is 10.3. The Balaban J connectivity index is 2.07. The number of hydrogen-bond donors (Lipinski definition) is 1. The van der Waals surface area contributed by atoms with E-state index < -0.39 is 0 Å². The van der Waals surface area contributed by atoms with Crippen molar-refractivity contribution in [1.82, 2.24) is 9.55 Å². The second kappa shape index (κ2) is 3.59.